The molecule has 0 radical (unpaired) electrons. The summed E-state index contributed by atoms with van der Waals surface area (Å²) in [5.41, 5.74) is 1.41. The molecule has 3 aromatic rings. The second-order valence-electron chi connectivity index (χ2n) is 6.48. The van der Waals surface area contributed by atoms with E-state index in [1.807, 2.05) is 28.8 Å². The van der Waals surface area contributed by atoms with Gasteiger partial charge >= 0.3 is 0 Å². The van der Waals surface area contributed by atoms with Gasteiger partial charge in [0.05, 0.1) is 18.4 Å². The molecule has 0 atom stereocenters. The van der Waals surface area contributed by atoms with Crippen LogP contribution in [0.1, 0.15) is 10.4 Å². The standard InChI is InChI=1S/C22H21N3O4S/c1-3-10-25-21(16-6-4-5-7-18(16)27-2)23-24-22(25)30-14-17(26)15-8-9-19-20(13-15)29-12-11-28-19/h3-9,13H,1,10-12,14H2,2H3. The maximum Gasteiger partial charge on any atom is 0.192 e. The van der Waals surface area contributed by atoms with Crippen LogP contribution in [0.25, 0.3) is 11.4 Å². The van der Waals surface area contributed by atoms with Crippen LogP contribution in [-0.2, 0) is 6.54 Å². The first-order valence-corrected chi connectivity index (χ1v) is 10.4. The Bertz CT molecular complexity index is 1080. The van der Waals surface area contributed by atoms with E-state index in [1.54, 1.807) is 31.4 Å². The molecule has 0 amide bonds. The minimum absolute atomic E-state index is 0.0241. The van der Waals surface area contributed by atoms with Crippen molar-refractivity contribution in [1.29, 1.82) is 0 Å². The second kappa shape index (κ2) is 9.04. The highest BCUT2D eigenvalue weighted by molar-refractivity contribution is 7.99. The normalized spacial score (nSPS) is 12.4. The quantitative estimate of drug-likeness (QED) is 0.309. The molecule has 1 aliphatic rings. The summed E-state index contributed by atoms with van der Waals surface area (Å²) < 4.78 is 18.5. The van der Waals surface area contributed by atoms with Gasteiger partial charge in [-0.05, 0) is 30.3 Å². The third-order valence-corrected chi connectivity index (χ3v) is 5.54. The summed E-state index contributed by atoms with van der Waals surface area (Å²) in [7, 11) is 1.62. The zero-order valence-electron chi connectivity index (χ0n) is 16.5. The zero-order valence-corrected chi connectivity index (χ0v) is 17.4. The highest BCUT2D eigenvalue weighted by Crippen LogP contribution is 2.33. The lowest BCUT2D eigenvalue weighted by Crippen LogP contribution is -2.16. The highest BCUT2D eigenvalue weighted by atomic mass is 32.2. The van der Waals surface area contributed by atoms with Crippen LogP contribution in [0.3, 0.4) is 0 Å². The first-order valence-electron chi connectivity index (χ1n) is 9.44. The summed E-state index contributed by atoms with van der Waals surface area (Å²) in [4.78, 5) is 12.7. The average Bonchev–Trinajstić information content (AvgIpc) is 3.19. The van der Waals surface area contributed by atoms with Crippen molar-refractivity contribution in [2.24, 2.45) is 0 Å². The predicted octanol–water partition coefficient (Wildman–Crippen LogP) is 3.89. The van der Waals surface area contributed by atoms with Gasteiger partial charge in [-0.2, -0.15) is 0 Å². The van der Waals surface area contributed by atoms with Gasteiger partial charge < -0.3 is 14.2 Å². The van der Waals surface area contributed by atoms with E-state index in [0.29, 0.717) is 53.6 Å². The van der Waals surface area contributed by atoms with Gasteiger partial charge in [-0.3, -0.25) is 9.36 Å². The van der Waals surface area contributed by atoms with Crippen molar-refractivity contribution in [1.82, 2.24) is 14.8 Å². The van der Waals surface area contributed by atoms with Crippen LogP contribution >= 0.6 is 11.8 Å². The number of benzene rings is 2. The number of Topliss-reactive ketones (excluding diaryl/α,β-unsaturated/α-hetero) is 1. The summed E-state index contributed by atoms with van der Waals surface area (Å²) in [6.45, 7) is 5.34. The number of hydrogen-bond donors (Lipinski definition) is 0. The molecule has 1 aliphatic heterocycles. The molecule has 154 valence electrons. The number of hydrogen-bond acceptors (Lipinski definition) is 7. The number of carbonyl (C=O) groups excluding carboxylic acids is 1. The first-order chi connectivity index (χ1) is 14.7. The summed E-state index contributed by atoms with van der Waals surface area (Å²) in [5.74, 6) is 2.84. The number of ketones is 1. The minimum Gasteiger partial charge on any atom is -0.496 e. The van der Waals surface area contributed by atoms with Crippen molar-refractivity contribution < 1.29 is 19.0 Å². The first kappa shape index (κ1) is 20.0. The van der Waals surface area contributed by atoms with Crippen molar-refractivity contribution >= 4 is 17.5 Å². The molecule has 0 saturated carbocycles. The van der Waals surface area contributed by atoms with E-state index in [2.05, 4.69) is 16.8 Å². The van der Waals surface area contributed by atoms with Crippen LogP contribution in [-0.4, -0.2) is 46.6 Å². The van der Waals surface area contributed by atoms with Crippen LogP contribution in [0, 0.1) is 0 Å². The molecular weight excluding hydrogens is 402 g/mol. The molecule has 0 spiro atoms. The van der Waals surface area contributed by atoms with E-state index in [4.69, 9.17) is 14.2 Å². The zero-order chi connectivity index (χ0) is 20.9. The van der Waals surface area contributed by atoms with Crippen LogP contribution < -0.4 is 14.2 Å². The third kappa shape index (κ3) is 4.04. The molecule has 2 aromatic carbocycles. The van der Waals surface area contributed by atoms with E-state index in [1.165, 1.54) is 11.8 Å². The fourth-order valence-electron chi connectivity index (χ4n) is 3.15. The van der Waals surface area contributed by atoms with Gasteiger partial charge in [-0.1, -0.05) is 30.0 Å². The number of fused-ring (bicyclic) bond motifs is 1. The average molecular weight is 423 g/mol. The Labute approximate surface area is 178 Å². The summed E-state index contributed by atoms with van der Waals surface area (Å²) >= 11 is 1.34. The maximum atomic E-state index is 12.7. The highest BCUT2D eigenvalue weighted by Gasteiger charge is 2.19. The fourth-order valence-corrected chi connectivity index (χ4v) is 3.99. The second-order valence-corrected chi connectivity index (χ2v) is 7.42. The van der Waals surface area contributed by atoms with Crippen LogP contribution in [0.15, 0.2) is 60.3 Å². The van der Waals surface area contributed by atoms with Gasteiger partial charge in [-0.15, -0.1) is 16.8 Å². The largest absolute Gasteiger partial charge is 0.496 e. The molecule has 4 rings (SSSR count). The monoisotopic (exact) mass is 423 g/mol. The fraction of sp³-hybridized carbons (Fsp3) is 0.227. The lowest BCUT2D eigenvalue weighted by molar-refractivity contribution is 0.102. The Morgan fingerprint density at radius 2 is 2.00 bits per heavy atom. The maximum absolute atomic E-state index is 12.7. The molecule has 8 heteroatoms. The van der Waals surface area contributed by atoms with Gasteiger partial charge in [0.1, 0.15) is 19.0 Å². The number of para-hydroxylation sites is 1. The van der Waals surface area contributed by atoms with Crippen LogP contribution in [0.4, 0.5) is 0 Å². The molecule has 1 aromatic heterocycles. The summed E-state index contributed by atoms with van der Waals surface area (Å²) in [5, 5.41) is 9.28. The smallest absolute Gasteiger partial charge is 0.192 e. The van der Waals surface area contributed by atoms with Crippen molar-refractivity contribution in [3.05, 3.63) is 60.7 Å². The summed E-state index contributed by atoms with van der Waals surface area (Å²) in [6.07, 6.45) is 1.77. The van der Waals surface area contributed by atoms with Gasteiger partial charge in [0.2, 0.25) is 0 Å². The van der Waals surface area contributed by atoms with Gasteiger partial charge in [0, 0.05) is 12.1 Å². The molecule has 0 aliphatic carbocycles. The van der Waals surface area contributed by atoms with E-state index in [9.17, 15) is 4.79 Å². The van der Waals surface area contributed by atoms with E-state index in [-0.39, 0.29) is 11.5 Å². The Kier molecular flexibility index (Phi) is 6.04. The number of ether oxygens (including phenoxy) is 3. The molecule has 2 heterocycles. The minimum atomic E-state index is -0.0241. The van der Waals surface area contributed by atoms with Crippen molar-refractivity contribution in [2.45, 2.75) is 11.7 Å². The Morgan fingerprint density at radius 1 is 1.20 bits per heavy atom. The van der Waals surface area contributed by atoms with Crippen LogP contribution in [0.2, 0.25) is 0 Å². The van der Waals surface area contributed by atoms with Gasteiger partial charge in [-0.25, -0.2) is 0 Å². The molecule has 0 N–H and O–H groups in total. The Morgan fingerprint density at radius 3 is 2.80 bits per heavy atom. The molecule has 0 bridgehead atoms. The number of methoxy groups -OCH3 is 1. The van der Waals surface area contributed by atoms with E-state index in [0.717, 1.165) is 5.56 Å². The predicted molar refractivity (Wildman–Crippen MR) is 115 cm³/mol. The topological polar surface area (TPSA) is 75.5 Å². The number of nitrogens with zero attached hydrogens (tertiary/aromatic N) is 3. The van der Waals surface area contributed by atoms with Gasteiger partial charge in [0.25, 0.3) is 0 Å². The van der Waals surface area contributed by atoms with E-state index < -0.39 is 0 Å². The number of carbonyl (C=O) groups is 1. The lowest BCUT2D eigenvalue weighted by Gasteiger charge is -2.18. The Balaban J connectivity index is 1.54. The SMILES string of the molecule is C=CCn1c(SCC(=O)c2ccc3c(c2)OCCO3)nnc1-c1ccccc1OC. The molecule has 0 saturated heterocycles. The third-order valence-electron chi connectivity index (χ3n) is 4.57. The number of thioether (sulfide) groups is 1. The molecule has 30 heavy (non-hydrogen) atoms. The molecule has 0 fully saturated rings. The van der Waals surface area contributed by atoms with Crippen molar-refractivity contribution in [3.8, 4) is 28.6 Å². The number of allylic oxidation sites excluding steroid dienone is 1. The van der Waals surface area contributed by atoms with Crippen molar-refractivity contribution in [3.63, 3.8) is 0 Å². The molecule has 0 unspecified atom stereocenters. The number of aromatic nitrogens is 3. The lowest BCUT2D eigenvalue weighted by atomic mass is 10.1. The molecular formula is C22H21N3O4S. The van der Waals surface area contributed by atoms with E-state index >= 15 is 0 Å². The van der Waals surface area contributed by atoms with Crippen LogP contribution in [0.5, 0.6) is 17.2 Å². The van der Waals surface area contributed by atoms with Gasteiger partial charge in [0.15, 0.2) is 28.3 Å². The number of rotatable bonds is 8. The summed E-state index contributed by atoms with van der Waals surface area (Å²) in [6, 6.07) is 12.9. The Hall–Kier alpha value is -3.26. The van der Waals surface area contributed by atoms with Crippen molar-refractivity contribution in [2.75, 3.05) is 26.1 Å². The molecule has 7 nitrogen and oxygen atoms in total.